The number of ether oxygens (including phenoxy) is 1. The number of hydrogen-bond acceptors (Lipinski definition) is 4. The fourth-order valence-corrected chi connectivity index (χ4v) is 4.04. The first-order valence-corrected chi connectivity index (χ1v) is 10.5. The number of carbonyl (C=O) groups excluding carboxylic acids is 1. The zero-order valence-corrected chi connectivity index (χ0v) is 17.4. The Kier molecular flexibility index (Phi) is 6.16. The highest BCUT2D eigenvalue weighted by Gasteiger charge is 2.27. The minimum atomic E-state index is -0.472. The number of nitrogens with one attached hydrogen (secondary N) is 1. The largest absolute Gasteiger partial charge is 0.493 e. The molecule has 0 radical (unpaired) electrons. The third-order valence-corrected chi connectivity index (χ3v) is 5.63. The molecule has 1 amide bonds. The maximum Gasteiger partial charge on any atom is 0.348 e. The van der Waals surface area contributed by atoms with Crippen molar-refractivity contribution in [3.8, 4) is 11.4 Å². The van der Waals surface area contributed by atoms with Gasteiger partial charge in [-0.3, -0.25) is 4.79 Å². The van der Waals surface area contributed by atoms with Crippen molar-refractivity contribution in [2.75, 3.05) is 19.7 Å². The number of amides is 1. The summed E-state index contributed by atoms with van der Waals surface area (Å²) in [5.41, 5.74) is 0.306. The number of halogens is 1. The Morgan fingerprint density at radius 1 is 1.16 bits per heavy atom. The van der Waals surface area contributed by atoms with Gasteiger partial charge in [-0.15, -0.1) is 0 Å². The second-order valence-corrected chi connectivity index (χ2v) is 7.60. The van der Waals surface area contributed by atoms with Crippen molar-refractivity contribution in [3.05, 3.63) is 76.2 Å². The molecule has 0 bridgehead atoms. The standard InChI is InChI=1S/C23H25FN4O3/c1-2-31-20-10-6-3-7-17(20)22(29)27-13-11-16(12-14-27)15-21-25-26-23(30)28(21)19-9-5-4-8-18(19)24/h3-10,16H,2,11-15H2,1H3,(H,26,30). The number of likely N-dealkylation sites (tertiary alicyclic amines) is 1. The molecule has 1 aliphatic heterocycles. The van der Waals surface area contributed by atoms with Gasteiger partial charge in [-0.05, 0) is 49.9 Å². The highest BCUT2D eigenvalue weighted by Crippen LogP contribution is 2.26. The van der Waals surface area contributed by atoms with Gasteiger partial charge in [0.05, 0.1) is 17.9 Å². The van der Waals surface area contributed by atoms with Crippen molar-refractivity contribution < 1.29 is 13.9 Å². The minimum absolute atomic E-state index is 0.0365. The Bertz CT molecular complexity index is 1120. The topological polar surface area (TPSA) is 80.2 Å². The van der Waals surface area contributed by atoms with Crippen LogP contribution in [-0.4, -0.2) is 45.3 Å². The van der Waals surface area contributed by atoms with Gasteiger partial charge < -0.3 is 9.64 Å². The highest BCUT2D eigenvalue weighted by molar-refractivity contribution is 5.97. The molecule has 0 spiro atoms. The smallest absolute Gasteiger partial charge is 0.348 e. The Morgan fingerprint density at radius 2 is 1.87 bits per heavy atom. The summed E-state index contributed by atoms with van der Waals surface area (Å²) >= 11 is 0. The number of piperidine rings is 1. The summed E-state index contributed by atoms with van der Waals surface area (Å²) in [5.74, 6) is 0.835. The van der Waals surface area contributed by atoms with Gasteiger partial charge in [0.15, 0.2) is 0 Å². The molecule has 2 aromatic carbocycles. The maximum atomic E-state index is 14.2. The molecule has 1 aliphatic rings. The van der Waals surface area contributed by atoms with Crippen LogP contribution in [0.15, 0.2) is 53.3 Å². The quantitative estimate of drug-likeness (QED) is 0.659. The average Bonchev–Trinajstić information content (AvgIpc) is 3.14. The molecule has 0 atom stereocenters. The maximum absolute atomic E-state index is 14.2. The van der Waals surface area contributed by atoms with Gasteiger partial charge in [-0.25, -0.2) is 18.9 Å². The number of hydrogen-bond donors (Lipinski definition) is 1. The van der Waals surface area contributed by atoms with E-state index in [2.05, 4.69) is 10.2 Å². The van der Waals surface area contributed by atoms with Crippen LogP contribution in [0.5, 0.6) is 5.75 Å². The highest BCUT2D eigenvalue weighted by atomic mass is 19.1. The predicted octanol–water partition coefficient (Wildman–Crippen LogP) is 3.19. The lowest BCUT2D eigenvalue weighted by molar-refractivity contribution is 0.0685. The molecule has 0 unspecified atom stereocenters. The lowest BCUT2D eigenvalue weighted by Crippen LogP contribution is -2.39. The van der Waals surface area contributed by atoms with Gasteiger partial charge in [-0.2, -0.15) is 5.10 Å². The molecule has 162 valence electrons. The van der Waals surface area contributed by atoms with E-state index < -0.39 is 11.5 Å². The van der Waals surface area contributed by atoms with Crippen LogP contribution < -0.4 is 10.4 Å². The minimum Gasteiger partial charge on any atom is -0.493 e. The molecule has 3 aromatic rings. The molecule has 1 aromatic heterocycles. The molecule has 1 saturated heterocycles. The van der Waals surface area contributed by atoms with E-state index in [1.807, 2.05) is 30.0 Å². The molecule has 0 aliphatic carbocycles. The number of aromatic amines is 1. The number of aromatic nitrogens is 3. The molecule has 7 nitrogen and oxygen atoms in total. The van der Waals surface area contributed by atoms with Crippen LogP contribution in [0.25, 0.3) is 5.69 Å². The van der Waals surface area contributed by atoms with Crippen LogP contribution in [0.1, 0.15) is 35.9 Å². The normalized spacial score (nSPS) is 14.6. The van der Waals surface area contributed by atoms with Crippen molar-refractivity contribution in [2.24, 2.45) is 5.92 Å². The van der Waals surface area contributed by atoms with E-state index in [4.69, 9.17) is 4.74 Å². The van der Waals surface area contributed by atoms with Gasteiger partial charge in [0.25, 0.3) is 5.91 Å². The molecule has 2 heterocycles. The number of para-hydroxylation sites is 2. The van der Waals surface area contributed by atoms with Gasteiger partial charge >= 0.3 is 5.69 Å². The summed E-state index contributed by atoms with van der Waals surface area (Å²) in [5, 5.41) is 6.55. The molecule has 1 fully saturated rings. The molecular formula is C23H25FN4O3. The number of carbonyl (C=O) groups is 1. The van der Waals surface area contributed by atoms with Crippen LogP contribution in [-0.2, 0) is 6.42 Å². The zero-order valence-electron chi connectivity index (χ0n) is 17.4. The van der Waals surface area contributed by atoms with Crippen molar-refractivity contribution in [2.45, 2.75) is 26.2 Å². The van der Waals surface area contributed by atoms with Crippen LogP contribution in [0.2, 0.25) is 0 Å². The summed E-state index contributed by atoms with van der Waals surface area (Å²) in [4.78, 5) is 27.0. The molecule has 31 heavy (non-hydrogen) atoms. The molecule has 4 rings (SSSR count). The Morgan fingerprint density at radius 3 is 2.61 bits per heavy atom. The summed E-state index contributed by atoms with van der Waals surface area (Å²) in [7, 11) is 0. The summed E-state index contributed by atoms with van der Waals surface area (Å²) < 4.78 is 21.1. The first-order valence-electron chi connectivity index (χ1n) is 10.5. The third kappa shape index (κ3) is 4.38. The number of H-pyrrole nitrogens is 1. The average molecular weight is 424 g/mol. The van der Waals surface area contributed by atoms with Crippen LogP contribution in [0.3, 0.4) is 0 Å². The van der Waals surface area contributed by atoms with Crippen LogP contribution in [0.4, 0.5) is 4.39 Å². The zero-order chi connectivity index (χ0) is 21.8. The van der Waals surface area contributed by atoms with Crippen molar-refractivity contribution in [1.29, 1.82) is 0 Å². The Labute approximate surface area is 179 Å². The van der Waals surface area contributed by atoms with Crippen LogP contribution in [0, 0.1) is 11.7 Å². The van der Waals surface area contributed by atoms with E-state index in [0.717, 1.165) is 12.8 Å². The lowest BCUT2D eigenvalue weighted by Gasteiger charge is -2.32. The van der Waals surface area contributed by atoms with Crippen molar-refractivity contribution in [3.63, 3.8) is 0 Å². The molecule has 1 N–H and O–H groups in total. The van der Waals surface area contributed by atoms with Crippen molar-refractivity contribution in [1.82, 2.24) is 19.7 Å². The number of rotatable bonds is 6. The predicted molar refractivity (Wildman–Crippen MR) is 114 cm³/mol. The summed E-state index contributed by atoms with van der Waals surface area (Å²) in [6, 6.07) is 13.4. The fraction of sp³-hybridized carbons (Fsp3) is 0.348. The first-order chi connectivity index (χ1) is 15.1. The van der Waals surface area contributed by atoms with Gasteiger partial charge in [-0.1, -0.05) is 24.3 Å². The van der Waals surface area contributed by atoms with E-state index in [9.17, 15) is 14.0 Å². The van der Waals surface area contributed by atoms with Crippen LogP contribution >= 0.6 is 0 Å². The van der Waals surface area contributed by atoms with Gasteiger partial charge in [0.2, 0.25) is 0 Å². The molecule has 8 heteroatoms. The van der Waals surface area contributed by atoms with E-state index in [1.54, 1.807) is 24.3 Å². The Hall–Kier alpha value is -3.42. The Balaban J connectivity index is 1.44. The summed E-state index contributed by atoms with van der Waals surface area (Å²) in [6.45, 7) is 3.61. The molecule has 0 saturated carbocycles. The van der Waals surface area contributed by atoms with Gasteiger partial charge in [0, 0.05) is 19.5 Å². The second-order valence-electron chi connectivity index (χ2n) is 7.60. The SMILES string of the molecule is CCOc1ccccc1C(=O)N1CCC(Cc2n[nH]c(=O)n2-c2ccccc2F)CC1. The first kappa shape index (κ1) is 20.8. The van der Waals surface area contributed by atoms with E-state index in [0.29, 0.717) is 43.3 Å². The fourth-order valence-electron chi connectivity index (χ4n) is 4.04. The van der Waals surface area contributed by atoms with E-state index in [1.165, 1.54) is 10.6 Å². The van der Waals surface area contributed by atoms with Gasteiger partial charge in [0.1, 0.15) is 17.4 Å². The second kappa shape index (κ2) is 9.16. The van der Waals surface area contributed by atoms with E-state index >= 15 is 0 Å². The number of nitrogens with zero attached hydrogens (tertiary/aromatic N) is 3. The monoisotopic (exact) mass is 424 g/mol. The lowest BCUT2D eigenvalue weighted by atomic mass is 9.92. The number of benzene rings is 2. The summed E-state index contributed by atoms with van der Waals surface area (Å²) in [6.07, 6.45) is 2.09. The van der Waals surface area contributed by atoms with E-state index in [-0.39, 0.29) is 17.5 Å². The van der Waals surface area contributed by atoms with Crippen molar-refractivity contribution >= 4 is 5.91 Å². The third-order valence-electron chi connectivity index (χ3n) is 5.63. The molecular weight excluding hydrogens is 399 g/mol.